The third-order valence-electron chi connectivity index (χ3n) is 6.19. The summed E-state index contributed by atoms with van der Waals surface area (Å²) >= 11 is 0. The predicted molar refractivity (Wildman–Crippen MR) is 149 cm³/mol. The first-order valence-corrected chi connectivity index (χ1v) is 12.5. The molecular weight excluding hydrogens is 534 g/mol. The summed E-state index contributed by atoms with van der Waals surface area (Å²) in [5, 5.41) is 5.42. The second-order valence-electron chi connectivity index (χ2n) is 9.01. The van der Waals surface area contributed by atoms with Crippen molar-refractivity contribution in [2.24, 2.45) is 19.1 Å². The van der Waals surface area contributed by atoms with Crippen LogP contribution in [0.25, 0.3) is 0 Å². The molecule has 0 aliphatic carbocycles. The Morgan fingerprint density at radius 3 is 1.90 bits per heavy atom. The quantitative estimate of drug-likeness (QED) is 0.192. The molecule has 2 amide bonds. The van der Waals surface area contributed by atoms with Crippen molar-refractivity contribution in [3.05, 3.63) is 118 Å². The molecule has 0 aliphatic rings. The van der Waals surface area contributed by atoms with Crippen molar-refractivity contribution >= 4 is 23.9 Å². The van der Waals surface area contributed by atoms with Crippen LogP contribution in [0, 0.1) is 0 Å². The van der Waals surface area contributed by atoms with Gasteiger partial charge in [0.05, 0.1) is 0 Å². The number of carbonyl (C=O) groups is 2. The first-order chi connectivity index (χ1) is 19.6. The van der Waals surface area contributed by atoms with Gasteiger partial charge in [-0.1, -0.05) is 12.1 Å². The minimum absolute atomic E-state index is 0.0455. The zero-order valence-electron chi connectivity index (χ0n) is 22.2. The monoisotopic (exact) mass is 561 g/mol. The van der Waals surface area contributed by atoms with Crippen molar-refractivity contribution in [1.29, 1.82) is 0 Å². The molecule has 0 unspecified atom stereocenters. The van der Waals surface area contributed by atoms with E-state index < -0.39 is 28.4 Å². The van der Waals surface area contributed by atoms with E-state index in [-0.39, 0.29) is 37.1 Å². The molecule has 0 fully saturated rings. The summed E-state index contributed by atoms with van der Waals surface area (Å²) in [6.45, 7) is 0.416. The normalized spacial score (nSPS) is 11.1. The van der Waals surface area contributed by atoms with Gasteiger partial charge in [0, 0.05) is 81.4 Å². The maximum Gasteiger partial charge on any atom is 0.328 e. The maximum atomic E-state index is 12.4. The number of rotatable bonds is 10. The van der Waals surface area contributed by atoms with Crippen LogP contribution in [-0.4, -0.2) is 50.2 Å². The summed E-state index contributed by atoms with van der Waals surface area (Å²) < 4.78 is 8.09. The van der Waals surface area contributed by atoms with Crippen LogP contribution in [0.4, 0.5) is 5.88 Å². The first-order valence-electron chi connectivity index (χ1n) is 12.5. The van der Waals surface area contributed by atoms with Crippen molar-refractivity contribution in [2.45, 2.75) is 12.8 Å². The third-order valence-corrected chi connectivity index (χ3v) is 6.19. The van der Waals surface area contributed by atoms with Crippen LogP contribution in [0.15, 0.2) is 77.1 Å². The Labute approximate surface area is 231 Å². The molecule has 41 heavy (non-hydrogen) atoms. The third kappa shape index (κ3) is 7.32. The van der Waals surface area contributed by atoms with E-state index in [9.17, 15) is 28.8 Å². The van der Waals surface area contributed by atoms with Crippen LogP contribution in [0.1, 0.15) is 37.9 Å². The van der Waals surface area contributed by atoms with Gasteiger partial charge < -0.3 is 24.2 Å². The lowest BCUT2D eigenvalue weighted by Crippen LogP contribution is -2.32. The summed E-state index contributed by atoms with van der Waals surface area (Å²) in [7, 11) is 3.07. The van der Waals surface area contributed by atoms with E-state index in [1.54, 1.807) is 24.3 Å². The van der Waals surface area contributed by atoms with Crippen LogP contribution in [0.5, 0.6) is 0 Å². The van der Waals surface area contributed by atoms with Gasteiger partial charge in [-0.05, 0) is 23.8 Å². The smallest absolute Gasteiger partial charge is 0.328 e. The van der Waals surface area contributed by atoms with Gasteiger partial charge in [-0.3, -0.25) is 29.1 Å². The number of aliphatic imine (C=N–C) groups is 1. The second-order valence-corrected chi connectivity index (χ2v) is 9.01. The van der Waals surface area contributed by atoms with Crippen LogP contribution in [-0.2, 0) is 26.9 Å². The standard InChI is InChI=1S/C27H27N7O7/c1-33-18(13-21(35)31-26(33)39)9-11-28-24(37)17-5-3-16(4-6-17)15-30-23-8-7-20(41-23)25(38)29-12-10-19-14-22(36)32-27(40)34(19)2/h3-8,13-15H,9-12H2,1-2H3,(H,28,37)(H,29,38)(H,31,35,39)(H,32,36,40)/b30-15+. The molecular formula is C27H27N7O7. The Balaban J connectivity index is 1.27. The summed E-state index contributed by atoms with van der Waals surface area (Å²) in [6, 6.07) is 12.2. The molecule has 0 bridgehead atoms. The number of nitrogens with one attached hydrogen (secondary N) is 4. The molecule has 4 rings (SSSR count). The molecule has 4 N–H and O–H groups in total. The molecule has 212 valence electrons. The molecule has 0 spiro atoms. The van der Waals surface area contributed by atoms with Gasteiger partial charge in [-0.2, -0.15) is 0 Å². The number of benzene rings is 1. The zero-order chi connectivity index (χ0) is 29.5. The fourth-order valence-corrected chi connectivity index (χ4v) is 3.86. The average Bonchev–Trinajstić information content (AvgIpc) is 3.42. The molecule has 14 heteroatoms. The Hall–Kier alpha value is -5.53. The molecule has 0 atom stereocenters. The van der Waals surface area contributed by atoms with E-state index in [0.29, 0.717) is 28.9 Å². The van der Waals surface area contributed by atoms with Crippen molar-refractivity contribution < 1.29 is 14.0 Å². The zero-order valence-corrected chi connectivity index (χ0v) is 22.2. The van der Waals surface area contributed by atoms with Gasteiger partial charge >= 0.3 is 11.4 Å². The lowest BCUT2D eigenvalue weighted by molar-refractivity contribution is 0.0925. The molecule has 3 aromatic heterocycles. The highest BCUT2D eigenvalue weighted by molar-refractivity contribution is 5.95. The second kappa shape index (κ2) is 12.5. The van der Waals surface area contributed by atoms with E-state index in [1.165, 1.54) is 53.7 Å². The Morgan fingerprint density at radius 1 is 0.805 bits per heavy atom. The van der Waals surface area contributed by atoms with Crippen molar-refractivity contribution in [3.8, 4) is 0 Å². The van der Waals surface area contributed by atoms with Gasteiger partial charge in [0.1, 0.15) is 0 Å². The Morgan fingerprint density at radius 2 is 1.34 bits per heavy atom. The average molecular weight is 562 g/mol. The van der Waals surface area contributed by atoms with Crippen LogP contribution >= 0.6 is 0 Å². The van der Waals surface area contributed by atoms with Crippen molar-refractivity contribution in [1.82, 2.24) is 29.7 Å². The van der Waals surface area contributed by atoms with Gasteiger partial charge in [-0.15, -0.1) is 0 Å². The lowest BCUT2D eigenvalue weighted by atomic mass is 10.1. The minimum Gasteiger partial charge on any atom is -0.433 e. The van der Waals surface area contributed by atoms with Gasteiger partial charge in [0.25, 0.3) is 22.9 Å². The summed E-state index contributed by atoms with van der Waals surface area (Å²) in [6.07, 6.45) is 2.10. The molecule has 3 heterocycles. The minimum atomic E-state index is -0.529. The van der Waals surface area contributed by atoms with E-state index in [1.807, 2.05) is 0 Å². The number of aromatic nitrogens is 4. The summed E-state index contributed by atoms with van der Waals surface area (Å²) in [5.41, 5.74) is 0.0407. The predicted octanol–water partition coefficient (Wildman–Crippen LogP) is -0.251. The molecule has 0 saturated heterocycles. The lowest BCUT2D eigenvalue weighted by Gasteiger charge is -2.08. The first kappa shape index (κ1) is 28.5. The highest BCUT2D eigenvalue weighted by Crippen LogP contribution is 2.17. The van der Waals surface area contributed by atoms with Crippen LogP contribution < -0.4 is 33.1 Å². The van der Waals surface area contributed by atoms with E-state index in [4.69, 9.17) is 4.42 Å². The fourth-order valence-electron chi connectivity index (χ4n) is 3.86. The maximum absolute atomic E-state index is 12.4. The number of nitrogens with zero attached hydrogens (tertiary/aromatic N) is 3. The SMILES string of the molecule is Cn1c(CCNC(=O)c2ccc(/C=N/c3ccc(C(=O)NCCc4cc(=O)[nH]c(=O)n4C)o3)cc2)cc(=O)[nH]c1=O. The van der Waals surface area contributed by atoms with Crippen molar-refractivity contribution in [2.75, 3.05) is 13.1 Å². The van der Waals surface area contributed by atoms with Gasteiger partial charge in [0.15, 0.2) is 5.76 Å². The number of aromatic amines is 2. The number of hydrogen-bond donors (Lipinski definition) is 4. The van der Waals surface area contributed by atoms with Crippen LogP contribution in [0.2, 0.25) is 0 Å². The Bertz CT molecular complexity index is 1840. The fraction of sp³-hybridized carbons (Fsp3) is 0.222. The number of hydrogen-bond acceptors (Lipinski definition) is 8. The molecule has 1 aromatic carbocycles. The molecule has 4 aromatic rings. The number of carbonyl (C=O) groups excluding carboxylic acids is 2. The summed E-state index contributed by atoms with van der Waals surface area (Å²) in [5.74, 6) is -0.545. The highest BCUT2D eigenvalue weighted by atomic mass is 16.4. The largest absolute Gasteiger partial charge is 0.433 e. The molecule has 0 radical (unpaired) electrons. The topological polar surface area (TPSA) is 193 Å². The number of furan rings is 1. The molecule has 14 nitrogen and oxygen atoms in total. The van der Waals surface area contributed by atoms with Crippen molar-refractivity contribution in [3.63, 3.8) is 0 Å². The van der Waals surface area contributed by atoms with E-state index in [0.717, 1.165) is 0 Å². The van der Waals surface area contributed by atoms with Gasteiger partial charge in [-0.25, -0.2) is 14.6 Å². The Kier molecular flexibility index (Phi) is 8.72. The summed E-state index contributed by atoms with van der Waals surface area (Å²) in [4.78, 5) is 79.7. The number of amides is 2. The molecule has 0 saturated carbocycles. The van der Waals surface area contributed by atoms with E-state index in [2.05, 4.69) is 25.6 Å². The highest BCUT2D eigenvalue weighted by Gasteiger charge is 2.11. The molecule has 0 aliphatic heterocycles. The number of H-pyrrole nitrogens is 2. The van der Waals surface area contributed by atoms with E-state index >= 15 is 0 Å². The van der Waals surface area contributed by atoms with Gasteiger partial charge in [0.2, 0.25) is 5.88 Å². The van der Waals surface area contributed by atoms with Crippen LogP contribution in [0.3, 0.4) is 0 Å².